The maximum Gasteiger partial charge on any atom is 0.308 e. The van der Waals surface area contributed by atoms with Gasteiger partial charge in [-0.25, -0.2) is 0 Å². The van der Waals surface area contributed by atoms with Crippen LogP contribution in [0.15, 0.2) is 0 Å². The molecule has 0 aliphatic carbocycles. The van der Waals surface area contributed by atoms with Crippen molar-refractivity contribution in [3.8, 4) is 0 Å². The van der Waals surface area contributed by atoms with E-state index in [1.165, 1.54) is 6.92 Å². The van der Waals surface area contributed by atoms with Crippen LogP contribution in [0.4, 0.5) is 0 Å². The first-order chi connectivity index (χ1) is 13.0. The first-order valence-corrected chi connectivity index (χ1v) is 8.42. The molecule has 1 aliphatic rings. The molecule has 0 aromatic rings. The molecule has 0 amide bonds. The largest absolute Gasteiger partial charge is 0.469 e. The number of carbonyl (C=O) groups excluding carboxylic acids is 5. The maximum atomic E-state index is 11.8. The molecular formula is C17H24O11. The van der Waals surface area contributed by atoms with Gasteiger partial charge >= 0.3 is 29.8 Å². The molecule has 1 rings (SSSR count). The summed E-state index contributed by atoms with van der Waals surface area (Å²) in [5, 5.41) is 0. The van der Waals surface area contributed by atoms with Gasteiger partial charge in [0.25, 0.3) is 0 Å². The highest BCUT2D eigenvalue weighted by Gasteiger charge is 2.52. The van der Waals surface area contributed by atoms with Crippen LogP contribution in [0.25, 0.3) is 0 Å². The molecule has 0 aromatic carbocycles. The van der Waals surface area contributed by atoms with Crippen molar-refractivity contribution in [2.45, 2.75) is 64.6 Å². The highest BCUT2D eigenvalue weighted by Crippen LogP contribution is 2.30. The average molecular weight is 404 g/mol. The van der Waals surface area contributed by atoms with Crippen LogP contribution < -0.4 is 0 Å². The zero-order valence-electron chi connectivity index (χ0n) is 16.3. The van der Waals surface area contributed by atoms with E-state index in [1.807, 2.05) is 0 Å². The zero-order valence-corrected chi connectivity index (χ0v) is 16.3. The Morgan fingerprint density at radius 1 is 0.714 bits per heavy atom. The van der Waals surface area contributed by atoms with E-state index in [9.17, 15) is 24.0 Å². The number of ether oxygens (including phenoxy) is 6. The van der Waals surface area contributed by atoms with Crippen LogP contribution in [0, 0.1) is 0 Å². The van der Waals surface area contributed by atoms with Gasteiger partial charge in [0.1, 0.15) is 18.8 Å². The van der Waals surface area contributed by atoms with Gasteiger partial charge in [0.05, 0.1) is 13.5 Å². The van der Waals surface area contributed by atoms with Crippen LogP contribution in [0.5, 0.6) is 0 Å². The molecule has 0 radical (unpaired) electrons. The molecule has 0 spiro atoms. The predicted molar refractivity (Wildman–Crippen MR) is 88.6 cm³/mol. The Balaban J connectivity index is 3.30. The standard InChI is InChI=1S/C17H24O11/c1-8(18)24-7-13-16(26-10(3)20)17(27-11(4)21)15(25-9(2)19)12(28-13)6-14(22)23-5/h12-13,15-17H,6-7H2,1-5H3/t12-,13+,15-,16+,17+/m0/s1. The van der Waals surface area contributed by atoms with Crippen molar-refractivity contribution in [2.24, 2.45) is 0 Å². The minimum absolute atomic E-state index is 0.352. The molecular weight excluding hydrogens is 380 g/mol. The maximum absolute atomic E-state index is 11.8. The Kier molecular flexibility index (Phi) is 8.83. The molecule has 11 nitrogen and oxygen atoms in total. The van der Waals surface area contributed by atoms with Crippen LogP contribution in [0.3, 0.4) is 0 Å². The molecule has 0 aromatic heterocycles. The molecule has 0 saturated carbocycles. The molecule has 1 heterocycles. The minimum atomic E-state index is -1.30. The fraction of sp³-hybridized carbons (Fsp3) is 0.706. The third kappa shape index (κ3) is 7.14. The number of carbonyl (C=O) groups is 5. The Morgan fingerprint density at radius 2 is 1.18 bits per heavy atom. The molecule has 158 valence electrons. The molecule has 5 atom stereocenters. The summed E-state index contributed by atoms with van der Waals surface area (Å²) in [5.74, 6) is -3.52. The molecule has 11 heteroatoms. The van der Waals surface area contributed by atoms with E-state index < -0.39 is 60.4 Å². The number of rotatable bonds is 7. The van der Waals surface area contributed by atoms with Crippen molar-refractivity contribution >= 4 is 29.8 Å². The molecule has 1 aliphatic heterocycles. The lowest BCUT2D eigenvalue weighted by Gasteiger charge is -2.44. The van der Waals surface area contributed by atoms with Crippen molar-refractivity contribution in [1.29, 1.82) is 0 Å². The topological polar surface area (TPSA) is 141 Å². The molecule has 0 unspecified atom stereocenters. The Hall–Kier alpha value is -2.69. The summed E-state index contributed by atoms with van der Waals surface area (Å²) in [5.41, 5.74) is 0. The number of methoxy groups -OCH3 is 1. The zero-order chi connectivity index (χ0) is 21.4. The predicted octanol–water partition coefficient (Wildman–Crippen LogP) is -0.325. The summed E-state index contributed by atoms with van der Waals surface area (Å²) in [6.45, 7) is 4.17. The first kappa shape index (κ1) is 23.3. The van der Waals surface area contributed by atoms with Gasteiger partial charge in [0, 0.05) is 27.7 Å². The summed E-state index contributed by atoms with van der Waals surface area (Å²) in [4.78, 5) is 57.6. The van der Waals surface area contributed by atoms with Gasteiger partial charge in [-0.3, -0.25) is 24.0 Å². The van der Waals surface area contributed by atoms with Crippen LogP contribution in [0.1, 0.15) is 34.1 Å². The lowest BCUT2D eigenvalue weighted by molar-refractivity contribution is -0.253. The van der Waals surface area contributed by atoms with Crippen LogP contribution in [0.2, 0.25) is 0 Å². The normalized spacial score (nSPS) is 26.5. The van der Waals surface area contributed by atoms with Gasteiger partial charge in [0.15, 0.2) is 18.3 Å². The average Bonchev–Trinajstić information content (AvgIpc) is 2.57. The quantitative estimate of drug-likeness (QED) is 0.407. The van der Waals surface area contributed by atoms with Crippen molar-refractivity contribution < 1.29 is 52.4 Å². The van der Waals surface area contributed by atoms with Crippen molar-refractivity contribution in [3.63, 3.8) is 0 Å². The second-order valence-electron chi connectivity index (χ2n) is 6.02. The lowest BCUT2D eigenvalue weighted by Crippen LogP contribution is -2.62. The summed E-state index contributed by atoms with van der Waals surface area (Å²) >= 11 is 0. The SMILES string of the molecule is COC(=O)C[C@@H]1O[C@H](COC(C)=O)[C@@H](OC(C)=O)[C@H](OC(C)=O)[C@H]1OC(C)=O. The third-order valence-corrected chi connectivity index (χ3v) is 3.68. The van der Waals surface area contributed by atoms with E-state index in [2.05, 4.69) is 4.74 Å². The molecule has 1 saturated heterocycles. The van der Waals surface area contributed by atoms with Gasteiger partial charge in [-0.15, -0.1) is 0 Å². The molecule has 0 bridgehead atoms. The van der Waals surface area contributed by atoms with E-state index in [4.69, 9.17) is 23.7 Å². The second kappa shape index (κ2) is 10.6. The van der Waals surface area contributed by atoms with Crippen molar-refractivity contribution in [1.82, 2.24) is 0 Å². The van der Waals surface area contributed by atoms with Gasteiger partial charge < -0.3 is 28.4 Å². The van der Waals surface area contributed by atoms with Gasteiger partial charge in [-0.2, -0.15) is 0 Å². The highest BCUT2D eigenvalue weighted by atomic mass is 16.7. The van der Waals surface area contributed by atoms with E-state index in [1.54, 1.807) is 0 Å². The number of hydrogen-bond acceptors (Lipinski definition) is 11. The fourth-order valence-electron chi connectivity index (χ4n) is 2.73. The summed E-state index contributed by atoms with van der Waals surface area (Å²) < 4.78 is 30.9. The smallest absolute Gasteiger partial charge is 0.308 e. The monoisotopic (exact) mass is 404 g/mol. The Labute approximate surface area is 161 Å². The summed E-state index contributed by atoms with van der Waals surface area (Å²) in [6, 6.07) is 0. The Bertz CT molecular complexity index is 614. The van der Waals surface area contributed by atoms with E-state index in [-0.39, 0.29) is 13.0 Å². The van der Waals surface area contributed by atoms with Crippen LogP contribution >= 0.6 is 0 Å². The first-order valence-electron chi connectivity index (χ1n) is 8.42. The minimum Gasteiger partial charge on any atom is -0.469 e. The Morgan fingerprint density at radius 3 is 1.61 bits per heavy atom. The highest BCUT2D eigenvalue weighted by molar-refractivity contribution is 5.71. The lowest BCUT2D eigenvalue weighted by atomic mass is 9.92. The fourth-order valence-corrected chi connectivity index (χ4v) is 2.73. The van der Waals surface area contributed by atoms with Crippen molar-refractivity contribution in [2.75, 3.05) is 13.7 Å². The van der Waals surface area contributed by atoms with Gasteiger partial charge in [0.2, 0.25) is 0 Å². The summed E-state index contributed by atoms with van der Waals surface area (Å²) in [7, 11) is 1.16. The second-order valence-corrected chi connectivity index (χ2v) is 6.02. The van der Waals surface area contributed by atoms with Crippen LogP contribution in [-0.2, 0) is 52.4 Å². The van der Waals surface area contributed by atoms with E-state index in [0.29, 0.717) is 0 Å². The van der Waals surface area contributed by atoms with Crippen molar-refractivity contribution in [3.05, 3.63) is 0 Å². The van der Waals surface area contributed by atoms with E-state index >= 15 is 0 Å². The van der Waals surface area contributed by atoms with Gasteiger partial charge in [-0.05, 0) is 0 Å². The molecule has 28 heavy (non-hydrogen) atoms. The third-order valence-electron chi connectivity index (χ3n) is 3.68. The van der Waals surface area contributed by atoms with Crippen LogP contribution in [-0.4, -0.2) is 74.1 Å². The number of esters is 5. The van der Waals surface area contributed by atoms with Gasteiger partial charge in [-0.1, -0.05) is 0 Å². The van der Waals surface area contributed by atoms with E-state index in [0.717, 1.165) is 27.9 Å². The number of hydrogen-bond donors (Lipinski definition) is 0. The summed E-state index contributed by atoms with van der Waals surface area (Å²) in [6.07, 6.45) is -6.35. The molecule has 1 fully saturated rings. The molecule has 0 N–H and O–H groups in total.